The van der Waals surface area contributed by atoms with E-state index in [4.69, 9.17) is 0 Å². The summed E-state index contributed by atoms with van der Waals surface area (Å²) >= 11 is 0. The molecule has 0 nitrogen and oxygen atoms in total. The van der Waals surface area contributed by atoms with Crippen LogP contribution in [0.4, 0.5) is 0 Å². The second kappa shape index (κ2) is 6.94. The molecule has 0 radical (unpaired) electrons. The zero-order valence-electron chi connectivity index (χ0n) is 12.7. The van der Waals surface area contributed by atoms with Crippen molar-refractivity contribution in [2.45, 2.75) is 34.6 Å². The summed E-state index contributed by atoms with van der Waals surface area (Å²) in [5, 5.41) is 0. The van der Waals surface area contributed by atoms with Crippen LogP contribution in [0.5, 0.6) is 0 Å². The van der Waals surface area contributed by atoms with Crippen LogP contribution in [-0.4, -0.2) is 0 Å². The highest BCUT2D eigenvalue weighted by atomic mass is 14.1. The van der Waals surface area contributed by atoms with Gasteiger partial charge >= 0.3 is 0 Å². The average Bonchev–Trinajstić information content (AvgIpc) is 2.45. The SMILES string of the molecule is C=C(/C=C\C)/C(C)=C(/C)c1ccccc1/C(C)=C/C. The Morgan fingerprint density at radius 1 is 1.00 bits per heavy atom. The van der Waals surface area contributed by atoms with Crippen LogP contribution < -0.4 is 0 Å². The number of benzene rings is 1. The van der Waals surface area contributed by atoms with Crippen molar-refractivity contribution in [3.63, 3.8) is 0 Å². The minimum absolute atomic E-state index is 1.08. The van der Waals surface area contributed by atoms with E-state index in [0.29, 0.717) is 0 Å². The molecule has 0 N–H and O–H groups in total. The third-order valence-electron chi connectivity index (χ3n) is 3.60. The first kappa shape index (κ1) is 15.2. The molecule has 0 saturated carbocycles. The first-order valence-electron chi connectivity index (χ1n) is 6.75. The third kappa shape index (κ3) is 3.57. The Bertz CT molecular complexity index is 551. The van der Waals surface area contributed by atoms with E-state index in [1.54, 1.807) is 0 Å². The first-order chi connectivity index (χ1) is 9.02. The van der Waals surface area contributed by atoms with Gasteiger partial charge in [-0.3, -0.25) is 0 Å². The van der Waals surface area contributed by atoms with Gasteiger partial charge in [0.15, 0.2) is 0 Å². The maximum Gasteiger partial charge on any atom is -0.0149 e. The number of hydrogen-bond acceptors (Lipinski definition) is 0. The highest BCUT2D eigenvalue weighted by molar-refractivity contribution is 5.81. The largest absolute Gasteiger partial charge is 0.0915 e. The van der Waals surface area contributed by atoms with E-state index < -0.39 is 0 Å². The standard InChI is InChI=1S/C19H24/c1-7-11-15(4)16(5)17(6)19-13-10-9-12-18(19)14(3)8-2/h7-13H,4H2,1-3,5-6H3/b11-7-,14-8+,17-16-. The molecule has 0 spiro atoms. The van der Waals surface area contributed by atoms with E-state index in [-0.39, 0.29) is 0 Å². The van der Waals surface area contributed by atoms with E-state index in [1.165, 1.54) is 27.8 Å². The lowest BCUT2D eigenvalue weighted by molar-refractivity contribution is 1.38. The zero-order chi connectivity index (χ0) is 14.4. The fourth-order valence-electron chi connectivity index (χ4n) is 2.08. The van der Waals surface area contributed by atoms with Gasteiger partial charge in [-0.15, -0.1) is 0 Å². The fraction of sp³-hybridized carbons (Fsp3) is 0.263. The van der Waals surface area contributed by atoms with E-state index in [9.17, 15) is 0 Å². The van der Waals surface area contributed by atoms with Crippen LogP contribution in [0.15, 0.2) is 60.2 Å². The molecule has 0 saturated heterocycles. The van der Waals surface area contributed by atoms with Crippen LogP contribution in [0.1, 0.15) is 45.7 Å². The predicted molar refractivity (Wildman–Crippen MR) is 88.0 cm³/mol. The Kier molecular flexibility index (Phi) is 5.57. The van der Waals surface area contributed by atoms with Crippen LogP contribution in [0.25, 0.3) is 11.1 Å². The van der Waals surface area contributed by atoms with Crippen molar-refractivity contribution < 1.29 is 0 Å². The molecule has 0 fully saturated rings. The molecular weight excluding hydrogens is 228 g/mol. The molecule has 0 atom stereocenters. The summed E-state index contributed by atoms with van der Waals surface area (Å²) in [4.78, 5) is 0. The van der Waals surface area contributed by atoms with E-state index in [0.717, 1.165) is 5.57 Å². The number of rotatable bonds is 4. The smallest absolute Gasteiger partial charge is 0.0149 e. The van der Waals surface area contributed by atoms with Gasteiger partial charge in [0, 0.05) is 0 Å². The molecule has 1 aromatic rings. The van der Waals surface area contributed by atoms with Gasteiger partial charge in [-0.2, -0.15) is 0 Å². The number of hydrogen-bond donors (Lipinski definition) is 0. The van der Waals surface area contributed by atoms with Crippen molar-refractivity contribution in [3.8, 4) is 0 Å². The topological polar surface area (TPSA) is 0 Å². The van der Waals surface area contributed by atoms with Gasteiger partial charge < -0.3 is 0 Å². The number of allylic oxidation sites excluding steroid dienone is 7. The van der Waals surface area contributed by atoms with Crippen molar-refractivity contribution in [3.05, 3.63) is 71.3 Å². The average molecular weight is 252 g/mol. The molecule has 0 unspecified atom stereocenters. The van der Waals surface area contributed by atoms with Gasteiger partial charge in [-0.1, -0.05) is 49.1 Å². The van der Waals surface area contributed by atoms with Crippen LogP contribution in [-0.2, 0) is 0 Å². The van der Waals surface area contributed by atoms with Gasteiger partial charge in [0.2, 0.25) is 0 Å². The summed E-state index contributed by atoms with van der Waals surface area (Å²) in [6.45, 7) is 14.7. The van der Waals surface area contributed by atoms with Gasteiger partial charge in [0.1, 0.15) is 0 Å². The third-order valence-corrected chi connectivity index (χ3v) is 3.60. The minimum Gasteiger partial charge on any atom is -0.0915 e. The molecule has 0 aliphatic carbocycles. The Balaban J connectivity index is 3.38. The maximum atomic E-state index is 4.13. The van der Waals surface area contributed by atoms with Crippen molar-refractivity contribution in [2.24, 2.45) is 0 Å². The predicted octanol–water partition coefficient (Wildman–Crippen LogP) is 6.04. The Morgan fingerprint density at radius 2 is 1.58 bits per heavy atom. The van der Waals surface area contributed by atoms with Crippen molar-refractivity contribution in [1.82, 2.24) is 0 Å². The van der Waals surface area contributed by atoms with Gasteiger partial charge in [-0.25, -0.2) is 0 Å². The highest BCUT2D eigenvalue weighted by Gasteiger charge is 2.08. The summed E-state index contributed by atoms with van der Waals surface area (Å²) in [6.07, 6.45) is 6.24. The molecule has 0 aromatic heterocycles. The van der Waals surface area contributed by atoms with Crippen LogP contribution >= 0.6 is 0 Å². The summed E-state index contributed by atoms with van der Waals surface area (Å²) in [5.41, 5.74) is 7.51. The van der Waals surface area contributed by atoms with Crippen LogP contribution in [0.3, 0.4) is 0 Å². The molecule has 0 aliphatic rings. The summed E-state index contributed by atoms with van der Waals surface area (Å²) < 4.78 is 0. The van der Waals surface area contributed by atoms with E-state index in [2.05, 4.69) is 70.7 Å². The fourth-order valence-corrected chi connectivity index (χ4v) is 2.08. The Morgan fingerprint density at radius 3 is 2.11 bits per heavy atom. The van der Waals surface area contributed by atoms with Gasteiger partial charge in [0.25, 0.3) is 0 Å². The van der Waals surface area contributed by atoms with Crippen LogP contribution in [0.2, 0.25) is 0 Å². The minimum atomic E-state index is 1.08. The molecule has 19 heavy (non-hydrogen) atoms. The second-order valence-corrected chi connectivity index (χ2v) is 4.79. The molecule has 1 aromatic carbocycles. The summed E-state index contributed by atoms with van der Waals surface area (Å²) in [5.74, 6) is 0. The normalized spacial score (nSPS) is 13.6. The molecule has 0 heteroatoms. The molecule has 0 amide bonds. The molecule has 0 aliphatic heterocycles. The molecule has 100 valence electrons. The van der Waals surface area contributed by atoms with Gasteiger partial charge in [0.05, 0.1) is 0 Å². The second-order valence-electron chi connectivity index (χ2n) is 4.79. The molecular formula is C19H24. The molecule has 0 heterocycles. The summed E-state index contributed by atoms with van der Waals surface area (Å²) in [6, 6.07) is 8.55. The lowest BCUT2D eigenvalue weighted by Gasteiger charge is -2.14. The maximum absolute atomic E-state index is 4.13. The lowest BCUT2D eigenvalue weighted by atomic mass is 9.91. The van der Waals surface area contributed by atoms with Gasteiger partial charge in [-0.05, 0) is 68.0 Å². The van der Waals surface area contributed by atoms with Crippen molar-refractivity contribution >= 4 is 11.1 Å². The van der Waals surface area contributed by atoms with E-state index >= 15 is 0 Å². The lowest BCUT2D eigenvalue weighted by Crippen LogP contribution is -1.93. The molecule has 1 rings (SSSR count). The highest BCUT2D eigenvalue weighted by Crippen LogP contribution is 2.29. The monoisotopic (exact) mass is 252 g/mol. The van der Waals surface area contributed by atoms with Crippen LogP contribution in [0, 0.1) is 0 Å². The first-order valence-corrected chi connectivity index (χ1v) is 6.75. The van der Waals surface area contributed by atoms with Crippen molar-refractivity contribution in [2.75, 3.05) is 0 Å². The zero-order valence-corrected chi connectivity index (χ0v) is 12.7. The Labute approximate surface area is 117 Å². The summed E-state index contributed by atoms with van der Waals surface area (Å²) in [7, 11) is 0. The molecule has 0 bridgehead atoms. The van der Waals surface area contributed by atoms with E-state index in [1.807, 2.05) is 13.0 Å². The quantitative estimate of drug-likeness (QED) is 0.573. The Hall–Kier alpha value is -1.82. The van der Waals surface area contributed by atoms with Crippen molar-refractivity contribution in [1.29, 1.82) is 0 Å².